The first-order chi connectivity index (χ1) is 2.30. The Morgan fingerprint density at radius 3 is 1.40 bits per heavy atom. The van der Waals surface area contributed by atoms with Crippen LogP contribution in [0.25, 0.3) is 0 Å². The molecule has 0 bridgehead atoms. The van der Waals surface area contributed by atoms with Crippen LogP contribution in [0.2, 0.25) is 0 Å². The van der Waals surface area contributed by atoms with E-state index >= 15 is 0 Å². The summed E-state index contributed by atoms with van der Waals surface area (Å²) < 4.78 is 0. The molecular formula is C5H9. The van der Waals surface area contributed by atoms with Crippen LogP contribution >= 0.6 is 0 Å². The minimum atomic E-state index is 0.926. The third kappa shape index (κ3) is 0.444. The van der Waals surface area contributed by atoms with E-state index in [2.05, 4.69) is 20.3 Å². The third-order valence-electron chi connectivity index (χ3n) is 1.30. The van der Waals surface area contributed by atoms with E-state index in [0.717, 1.165) is 11.8 Å². The minimum absolute atomic E-state index is 0.926. The summed E-state index contributed by atoms with van der Waals surface area (Å²) >= 11 is 0. The molecule has 0 aromatic rings. The van der Waals surface area contributed by atoms with Crippen molar-refractivity contribution in [2.45, 2.75) is 13.8 Å². The Morgan fingerprint density at radius 2 is 1.40 bits per heavy atom. The maximum atomic E-state index is 2.33. The maximum Gasteiger partial charge on any atom is -0.0324 e. The summed E-state index contributed by atoms with van der Waals surface area (Å²) in [6, 6.07) is 0. The quantitative estimate of drug-likeness (QED) is 0.404. The summed E-state index contributed by atoms with van der Waals surface area (Å²) in [5.41, 5.74) is 0. The zero-order valence-electron chi connectivity index (χ0n) is 3.73. The van der Waals surface area contributed by atoms with E-state index < -0.39 is 0 Å². The molecule has 0 spiro atoms. The first-order valence-electron chi connectivity index (χ1n) is 2.15. The molecule has 29 valence electrons. The number of rotatable bonds is 0. The summed E-state index contributed by atoms with van der Waals surface area (Å²) in [6.45, 7) is 4.48. The van der Waals surface area contributed by atoms with Gasteiger partial charge in [0.2, 0.25) is 0 Å². The second-order valence-corrected chi connectivity index (χ2v) is 1.91. The Labute approximate surface area is 33.2 Å². The first-order valence-corrected chi connectivity index (χ1v) is 2.15. The summed E-state index contributed by atoms with van der Waals surface area (Å²) in [5.74, 6) is 1.85. The van der Waals surface area contributed by atoms with Gasteiger partial charge < -0.3 is 0 Å². The third-order valence-corrected chi connectivity index (χ3v) is 1.30. The Hall–Kier alpha value is 0. The molecular weight excluding hydrogens is 60.1 g/mol. The van der Waals surface area contributed by atoms with Gasteiger partial charge in [-0.2, -0.15) is 0 Å². The molecule has 0 saturated heterocycles. The maximum absolute atomic E-state index is 2.33. The van der Waals surface area contributed by atoms with Gasteiger partial charge in [0.25, 0.3) is 0 Å². The van der Waals surface area contributed by atoms with E-state index in [4.69, 9.17) is 0 Å². The van der Waals surface area contributed by atoms with Gasteiger partial charge in [0.1, 0.15) is 0 Å². The molecule has 1 aliphatic rings. The highest BCUT2D eigenvalue weighted by atomic mass is 14.3. The van der Waals surface area contributed by atoms with Crippen molar-refractivity contribution in [1.29, 1.82) is 0 Å². The topological polar surface area (TPSA) is 0 Å². The fourth-order valence-electron chi connectivity index (χ4n) is 0.415. The monoisotopic (exact) mass is 69.1 g/mol. The SMILES string of the molecule is C[C@H]1[CH][C@@H]1C. The molecule has 0 N–H and O–H groups in total. The van der Waals surface area contributed by atoms with Crippen LogP contribution in [0.1, 0.15) is 13.8 Å². The second-order valence-electron chi connectivity index (χ2n) is 1.91. The van der Waals surface area contributed by atoms with Crippen molar-refractivity contribution >= 4 is 0 Å². The van der Waals surface area contributed by atoms with Crippen LogP contribution in [0.3, 0.4) is 0 Å². The van der Waals surface area contributed by atoms with Gasteiger partial charge in [-0.1, -0.05) is 13.8 Å². The minimum Gasteiger partial charge on any atom is -0.0620 e. The van der Waals surface area contributed by atoms with Crippen molar-refractivity contribution in [3.8, 4) is 0 Å². The van der Waals surface area contributed by atoms with E-state index in [1.807, 2.05) is 0 Å². The Bertz CT molecular complexity index is 33.3. The lowest BCUT2D eigenvalue weighted by Gasteiger charge is -1.66. The Morgan fingerprint density at radius 1 is 1.20 bits per heavy atom. The summed E-state index contributed by atoms with van der Waals surface area (Å²) in [4.78, 5) is 0. The summed E-state index contributed by atoms with van der Waals surface area (Å²) in [6.07, 6.45) is 2.33. The van der Waals surface area contributed by atoms with Gasteiger partial charge in [0.05, 0.1) is 0 Å². The first kappa shape index (κ1) is 3.20. The molecule has 0 unspecified atom stereocenters. The fourth-order valence-corrected chi connectivity index (χ4v) is 0.415. The normalized spacial score (nSPS) is 49.2. The van der Waals surface area contributed by atoms with Crippen molar-refractivity contribution in [3.63, 3.8) is 0 Å². The van der Waals surface area contributed by atoms with Crippen molar-refractivity contribution in [3.05, 3.63) is 6.42 Å². The van der Waals surface area contributed by atoms with E-state index in [1.54, 1.807) is 0 Å². The molecule has 1 fully saturated rings. The predicted molar refractivity (Wildman–Crippen MR) is 22.6 cm³/mol. The molecule has 0 heteroatoms. The van der Waals surface area contributed by atoms with Gasteiger partial charge in [0, 0.05) is 0 Å². The Kier molecular flexibility index (Phi) is 0.470. The van der Waals surface area contributed by atoms with Crippen LogP contribution in [0, 0.1) is 18.3 Å². The van der Waals surface area contributed by atoms with Crippen molar-refractivity contribution in [2.75, 3.05) is 0 Å². The molecule has 0 aromatic carbocycles. The number of hydrogen-bond acceptors (Lipinski definition) is 0. The van der Waals surface area contributed by atoms with Crippen LogP contribution in [0.4, 0.5) is 0 Å². The van der Waals surface area contributed by atoms with Gasteiger partial charge in [0.15, 0.2) is 0 Å². The molecule has 0 nitrogen and oxygen atoms in total. The zero-order valence-corrected chi connectivity index (χ0v) is 3.73. The lowest BCUT2D eigenvalue weighted by Crippen LogP contribution is -1.58. The van der Waals surface area contributed by atoms with E-state index in [9.17, 15) is 0 Å². The predicted octanol–water partition coefficient (Wildman–Crippen LogP) is 1.48. The molecule has 0 amide bonds. The molecule has 0 aliphatic heterocycles. The molecule has 0 aromatic heterocycles. The molecule has 1 aliphatic carbocycles. The van der Waals surface area contributed by atoms with Crippen LogP contribution in [0.15, 0.2) is 0 Å². The van der Waals surface area contributed by atoms with Crippen LogP contribution < -0.4 is 0 Å². The molecule has 1 rings (SSSR count). The molecule has 2 atom stereocenters. The highest BCUT2D eigenvalue weighted by Gasteiger charge is 2.26. The average molecular weight is 69.1 g/mol. The molecule has 1 saturated carbocycles. The van der Waals surface area contributed by atoms with Crippen molar-refractivity contribution < 1.29 is 0 Å². The van der Waals surface area contributed by atoms with Gasteiger partial charge >= 0.3 is 0 Å². The van der Waals surface area contributed by atoms with Gasteiger partial charge in [-0.15, -0.1) is 0 Å². The van der Waals surface area contributed by atoms with Crippen molar-refractivity contribution in [1.82, 2.24) is 0 Å². The Balaban J connectivity index is 2.20. The lowest BCUT2D eigenvalue weighted by molar-refractivity contribution is 0.834. The van der Waals surface area contributed by atoms with Gasteiger partial charge in [-0.3, -0.25) is 0 Å². The fraction of sp³-hybridized carbons (Fsp3) is 0.800. The van der Waals surface area contributed by atoms with Crippen LogP contribution in [-0.4, -0.2) is 0 Å². The molecule has 0 heterocycles. The van der Waals surface area contributed by atoms with Gasteiger partial charge in [-0.25, -0.2) is 0 Å². The average Bonchev–Trinajstić information content (AvgIpc) is 1.79. The highest BCUT2D eigenvalue weighted by molar-refractivity contribution is 4.99. The standard InChI is InChI=1S/C5H9/c1-4-3-5(4)2/h3-5H,1-2H3/t4-,5-/m0/s1. The van der Waals surface area contributed by atoms with E-state index in [0.29, 0.717) is 0 Å². The van der Waals surface area contributed by atoms with E-state index in [-0.39, 0.29) is 0 Å². The van der Waals surface area contributed by atoms with Crippen LogP contribution in [-0.2, 0) is 0 Å². The smallest absolute Gasteiger partial charge is 0.0324 e. The largest absolute Gasteiger partial charge is 0.0620 e. The van der Waals surface area contributed by atoms with Gasteiger partial charge in [-0.05, 0) is 18.3 Å². The van der Waals surface area contributed by atoms with E-state index in [1.165, 1.54) is 0 Å². The molecule has 1 radical (unpaired) electrons. The highest BCUT2D eigenvalue weighted by Crippen LogP contribution is 2.34. The summed E-state index contributed by atoms with van der Waals surface area (Å²) in [7, 11) is 0. The number of hydrogen-bond donors (Lipinski definition) is 0. The lowest BCUT2D eigenvalue weighted by atomic mass is 10.4. The molecule has 5 heavy (non-hydrogen) atoms. The summed E-state index contributed by atoms with van der Waals surface area (Å²) in [5, 5.41) is 0. The van der Waals surface area contributed by atoms with Crippen molar-refractivity contribution in [2.24, 2.45) is 11.8 Å². The van der Waals surface area contributed by atoms with Crippen LogP contribution in [0.5, 0.6) is 0 Å². The zero-order chi connectivity index (χ0) is 3.86. The second kappa shape index (κ2) is 0.735.